The first-order valence-electron chi connectivity index (χ1n) is 5.84. The molecule has 1 heterocycles. The van der Waals surface area contributed by atoms with Crippen molar-refractivity contribution in [2.24, 2.45) is 0 Å². The van der Waals surface area contributed by atoms with Gasteiger partial charge in [-0.2, -0.15) is 0 Å². The lowest BCUT2D eigenvalue weighted by Gasteiger charge is -2.33. The summed E-state index contributed by atoms with van der Waals surface area (Å²) in [6.07, 6.45) is -0.0863. The average molecular weight is 270 g/mol. The highest BCUT2D eigenvalue weighted by Crippen LogP contribution is 2.23. The second-order valence-corrected chi connectivity index (χ2v) is 4.62. The third-order valence-electron chi connectivity index (χ3n) is 2.93. The fraction of sp³-hybridized carbons (Fsp3) is 0.462. The van der Waals surface area contributed by atoms with Crippen LogP contribution in [0.4, 0.5) is 0 Å². The summed E-state index contributed by atoms with van der Waals surface area (Å²) in [4.78, 5) is 13.5. The van der Waals surface area contributed by atoms with Crippen molar-refractivity contribution in [3.05, 3.63) is 34.9 Å². The number of hydrogen-bond acceptors (Lipinski definition) is 3. The molecule has 0 N–H and O–H groups in total. The van der Waals surface area contributed by atoms with Crippen molar-refractivity contribution in [1.29, 1.82) is 0 Å². The third-order valence-corrected chi connectivity index (χ3v) is 3.18. The molecule has 98 valence electrons. The molecule has 0 spiro atoms. The number of carbonyl (C=O) groups excluding carboxylic acids is 1. The minimum absolute atomic E-state index is 0.000219. The molecule has 1 aromatic carbocycles. The smallest absolute Gasteiger partial charge is 0.248 e. The maximum atomic E-state index is 11.8. The second-order valence-electron chi connectivity index (χ2n) is 4.18. The zero-order valence-electron chi connectivity index (χ0n) is 10.3. The quantitative estimate of drug-likeness (QED) is 0.841. The predicted octanol–water partition coefficient (Wildman–Crippen LogP) is 1.89. The van der Waals surface area contributed by atoms with Gasteiger partial charge in [0.2, 0.25) is 5.91 Å². The lowest BCUT2D eigenvalue weighted by Crippen LogP contribution is -2.43. The molecule has 5 heteroatoms. The Kier molecular flexibility index (Phi) is 4.58. The molecule has 0 bridgehead atoms. The number of carbonyl (C=O) groups is 1. The van der Waals surface area contributed by atoms with Gasteiger partial charge in [0, 0.05) is 18.7 Å². The Bertz CT molecular complexity index is 407. The van der Waals surface area contributed by atoms with Crippen molar-refractivity contribution in [2.75, 3.05) is 33.4 Å². The largest absolute Gasteiger partial charge is 0.375 e. The number of amides is 1. The molecule has 1 aromatic rings. The highest BCUT2D eigenvalue weighted by Gasteiger charge is 2.25. The van der Waals surface area contributed by atoms with Gasteiger partial charge in [-0.05, 0) is 17.7 Å². The summed E-state index contributed by atoms with van der Waals surface area (Å²) in [6, 6.07) is 7.51. The van der Waals surface area contributed by atoms with Crippen molar-refractivity contribution in [3.63, 3.8) is 0 Å². The lowest BCUT2D eigenvalue weighted by molar-refractivity contribution is -0.142. The van der Waals surface area contributed by atoms with Crippen molar-refractivity contribution in [1.82, 2.24) is 4.90 Å². The molecule has 1 aliphatic rings. The van der Waals surface area contributed by atoms with E-state index in [9.17, 15) is 4.79 Å². The summed E-state index contributed by atoms with van der Waals surface area (Å²) in [5, 5.41) is 0.696. The van der Waals surface area contributed by atoms with Crippen LogP contribution in [0.15, 0.2) is 24.3 Å². The minimum Gasteiger partial charge on any atom is -0.375 e. The third kappa shape index (κ3) is 3.22. The molecular formula is C13H16ClNO3. The Hall–Kier alpha value is -1.10. The molecule has 1 saturated heterocycles. The normalized spacial score (nSPS) is 19.9. The summed E-state index contributed by atoms with van der Waals surface area (Å²) in [6.45, 7) is 1.84. The van der Waals surface area contributed by atoms with E-state index in [1.54, 1.807) is 4.90 Å². The van der Waals surface area contributed by atoms with Crippen LogP contribution in [0.3, 0.4) is 0 Å². The van der Waals surface area contributed by atoms with Crippen LogP contribution < -0.4 is 0 Å². The van der Waals surface area contributed by atoms with E-state index in [1.807, 2.05) is 24.3 Å². The zero-order valence-corrected chi connectivity index (χ0v) is 11.0. The fourth-order valence-electron chi connectivity index (χ4n) is 1.97. The molecular weight excluding hydrogens is 254 g/mol. The molecule has 1 fully saturated rings. The first-order chi connectivity index (χ1) is 8.70. The van der Waals surface area contributed by atoms with E-state index in [1.165, 1.54) is 7.11 Å². The van der Waals surface area contributed by atoms with Crippen molar-refractivity contribution < 1.29 is 14.3 Å². The number of methoxy groups -OCH3 is 1. The lowest BCUT2D eigenvalue weighted by atomic mass is 10.1. The molecule has 0 saturated carbocycles. The van der Waals surface area contributed by atoms with Gasteiger partial charge in [0.25, 0.3) is 0 Å². The van der Waals surface area contributed by atoms with Gasteiger partial charge in [-0.1, -0.05) is 23.7 Å². The Labute approximate surface area is 111 Å². The van der Waals surface area contributed by atoms with Crippen molar-refractivity contribution >= 4 is 17.5 Å². The predicted molar refractivity (Wildman–Crippen MR) is 68.6 cm³/mol. The first-order valence-corrected chi connectivity index (χ1v) is 6.22. The van der Waals surface area contributed by atoms with Gasteiger partial charge in [0.1, 0.15) is 12.7 Å². The molecule has 1 aliphatic heterocycles. The van der Waals surface area contributed by atoms with E-state index in [4.69, 9.17) is 21.1 Å². The maximum Gasteiger partial charge on any atom is 0.248 e. The van der Waals surface area contributed by atoms with Gasteiger partial charge in [-0.15, -0.1) is 0 Å². The highest BCUT2D eigenvalue weighted by molar-refractivity contribution is 6.30. The SMILES string of the molecule is COCC(=O)N1CCOC(c2ccc(Cl)cc2)C1. The van der Waals surface area contributed by atoms with Crippen LogP contribution >= 0.6 is 11.6 Å². The summed E-state index contributed by atoms with van der Waals surface area (Å²) >= 11 is 5.85. The zero-order chi connectivity index (χ0) is 13.0. The van der Waals surface area contributed by atoms with Gasteiger partial charge < -0.3 is 14.4 Å². The van der Waals surface area contributed by atoms with Gasteiger partial charge in [0.05, 0.1) is 13.2 Å². The number of nitrogens with zero attached hydrogens (tertiary/aromatic N) is 1. The van der Waals surface area contributed by atoms with Gasteiger partial charge in [-0.3, -0.25) is 4.79 Å². The van der Waals surface area contributed by atoms with Crippen molar-refractivity contribution in [2.45, 2.75) is 6.10 Å². The second kappa shape index (κ2) is 6.18. The molecule has 0 radical (unpaired) electrons. The fourth-order valence-corrected chi connectivity index (χ4v) is 2.10. The molecule has 0 aliphatic carbocycles. The molecule has 2 rings (SSSR count). The van der Waals surface area contributed by atoms with E-state index in [0.717, 1.165) is 5.56 Å². The van der Waals surface area contributed by atoms with Crippen LogP contribution in [0.1, 0.15) is 11.7 Å². The van der Waals surface area contributed by atoms with Crippen LogP contribution in [0.5, 0.6) is 0 Å². The Morgan fingerprint density at radius 1 is 1.50 bits per heavy atom. The van der Waals surface area contributed by atoms with Crippen LogP contribution in [-0.4, -0.2) is 44.2 Å². The van der Waals surface area contributed by atoms with E-state index < -0.39 is 0 Å². The van der Waals surface area contributed by atoms with Crippen LogP contribution in [0.2, 0.25) is 5.02 Å². The Morgan fingerprint density at radius 2 is 2.22 bits per heavy atom. The maximum absolute atomic E-state index is 11.8. The summed E-state index contributed by atoms with van der Waals surface area (Å²) in [7, 11) is 1.52. The van der Waals surface area contributed by atoms with Gasteiger partial charge >= 0.3 is 0 Å². The van der Waals surface area contributed by atoms with Gasteiger partial charge in [0.15, 0.2) is 0 Å². The number of hydrogen-bond donors (Lipinski definition) is 0. The number of rotatable bonds is 3. The monoisotopic (exact) mass is 269 g/mol. The van der Waals surface area contributed by atoms with E-state index in [-0.39, 0.29) is 18.6 Å². The molecule has 1 atom stereocenters. The Morgan fingerprint density at radius 3 is 2.89 bits per heavy atom. The molecule has 18 heavy (non-hydrogen) atoms. The van der Waals surface area contributed by atoms with E-state index in [0.29, 0.717) is 24.7 Å². The molecule has 0 aromatic heterocycles. The topological polar surface area (TPSA) is 38.8 Å². The minimum atomic E-state index is -0.0863. The molecule has 1 unspecified atom stereocenters. The number of ether oxygens (including phenoxy) is 2. The summed E-state index contributed by atoms with van der Waals surface area (Å²) in [5.41, 5.74) is 1.04. The first kappa shape index (κ1) is 13.3. The molecule has 4 nitrogen and oxygen atoms in total. The average Bonchev–Trinajstić information content (AvgIpc) is 2.40. The van der Waals surface area contributed by atoms with Crippen molar-refractivity contribution in [3.8, 4) is 0 Å². The van der Waals surface area contributed by atoms with E-state index in [2.05, 4.69) is 0 Å². The Balaban J connectivity index is 2.02. The van der Waals surface area contributed by atoms with Crippen LogP contribution in [0.25, 0.3) is 0 Å². The van der Waals surface area contributed by atoms with Crippen LogP contribution in [-0.2, 0) is 14.3 Å². The van der Waals surface area contributed by atoms with Crippen LogP contribution in [0, 0.1) is 0 Å². The summed E-state index contributed by atoms with van der Waals surface area (Å²) < 4.78 is 10.5. The number of morpholine rings is 1. The standard InChI is InChI=1S/C13H16ClNO3/c1-17-9-13(16)15-6-7-18-12(8-15)10-2-4-11(14)5-3-10/h2-5,12H,6-9H2,1H3. The number of benzene rings is 1. The summed E-state index contributed by atoms with van der Waals surface area (Å²) in [5.74, 6) is -0.000219. The van der Waals surface area contributed by atoms with E-state index >= 15 is 0 Å². The highest BCUT2D eigenvalue weighted by atomic mass is 35.5. The van der Waals surface area contributed by atoms with Gasteiger partial charge in [-0.25, -0.2) is 0 Å². The number of halogens is 1. The molecule has 1 amide bonds.